The molecule has 98 valence electrons. The zero-order valence-corrected chi connectivity index (χ0v) is 11.5. The first-order valence-electron chi connectivity index (χ1n) is 6.80. The van der Waals surface area contributed by atoms with E-state index in [1.165, 1.54) is 0 Å². The Hall–Kier alpha value is -1.96. The fourth-order valence-corrected chi connectivity index (χ4v) is 2.33. The second-order valence-corrected chi connectivity index (χ2v) is 4.56. The highest BCUT2D eigenvalue weighted by atomic mass is 16.1. The van der Waals surface area contributed by atoms with Gasteiger partial charge >= 0.3 is 0 Å². The number of aryl methyl sites for hydroxylation is 1. The van der Waals surface area contributed by atoms with Crippen LogP contribution in [0.2, 0.25) is 0 Å². The van der Waals surface area contributed by atoms with E-state index in [-0.39, 0.29) is 5.78 Å². The van der Waals surface area contributed by atoms with E-state index < -0.39 is 0 Å². The van der Waals surface area contributed by atoms with Crippen molar-refractivity contribution < 1.29 is 4.79 Å². The highest BCUT2D eigenvalue weighted by molar-refractivity contribution is 6.10. The number of Topliss-reactive ketones (excluding diaryl/α,β-unsaturated/α-hetero) is 1. The number of pyridine rings is 1. The third kappa shape index (κ3) is 2.90. The van der Waals surface area contributed by atoms with Crippen molar-refractivity contribution in [1.82, 2.24) is 4.98 Å². The van der Waals surface area contributed by atoms with E-state index in [0.717, 1.165) is 35.1 Å². The Labute approximate surface area is 114 Å². The van der Waals surface area contributed by atoms with E-state index in [9.17, 15) is 4.79 Å². The second-order valence-electron chi connectivity index (χ2n) is 4.56. The Morgan fingerprint density at radius 3 is 2.84 bits per heavy atom. The summed E-state index contributed by atoms with van der Waals surface area (Å²) in [5, 5.41) is 0. The predicted molar refractivity (Wildman–Crippen MR) is 78.2 cm³/mol. The van der Waals surface area contributed by atoms with Gasteiger partial charge in [-0.25, -0.2) is 0 Å². The first-order valence-corrected chi connectivity index (χ1v) is 6.80. The molecule has 1 aliphatic rings. The molecule has 0 aliphatic heterocycles. The Morgan fingerprint density at radius 2 is 2.11 bits per heavy atom. The summed E-state index contributed by atoms with van der Waals surface area (Å²) in [6, 6.07) is 1.83. The molecule has 2 heteroatoms. The van der Waals surface area contributed by atoms with Crippen LogP contribution in [0.1, 0.15) is 42.6 Å². The average molecular weight is 253 g/mol. The zero-order valence-electron chi connectivity index (χ0n) is 11.5. The molecule has 0 N–H and O–H groups in total. The summed E-state index contributed by atoms with van der Waals surface area (Å²) in [6.45, 7) is 4.14. The number of ketones is 1. The van der Waals surface area contributed by atoms with Crippen LogP contribution in [0.3, 0.4) is 0 Å². The molecular weight excluding hydrogens is 234 g/mol. The zero-order chi connectivity index (χ0) is 13.7. The largest absolute Gasteiger partial charge is 0.289 e. The summed E-state index contributed by atoms with van der Waals surface area (Å²) < 4.78 is 0. The lowest BCUT2D eigenvalue weighted by molar-refractivity contribution is 0.103. The van der Waals surface area contributed by atoms with Crippen molar-refractivity contribution in [2.75, 3.05) is 0 Å². The van der Waals surface area contributed by atoms with Crippen molar-refractivity contribution in [3.63, 3.8) is 0 Å². The van der Waals surface area contributed by atoms with Crippen molar-refractivity contribution in [2.45, 2.75) is 33.1 Å². The minimum absolute atomic E-state index is 0.146. The molecule has 1 aromatic heterocycles. The van der Waals surface area contributed by atoms with E-state index in [1.54, 1.807) is 12.4 Å². The first kappa shape index (κ1) is 13.5. The maximum Gasteiger partial charge on any atom is 0.189 e. The van der Waals surface area contributed by atoms with Gasteiger partial charge in [-0.1, -0.05) is 38.2 Å². The number of carbonyl (C=O) groups excluding carboxylic acids is 1. The summed E-state index contributed by atoms with van der Waals surface area (Å²) in [6.07, 6.45) is 14.0. The van der Waals surface area contributed by atoms with Gasteiger partial charge in [-0.3, -0.25) is 9.78 Å². The summed E-state index contributed by atoms with van der Waals surface area (Å²) >= 11 is 0. The minimum atomic E-state index is 0.146. The lowest BCUT2D eigenvalue weighted by Crippen LogP contribution is -2.09. The van der Waals surface area contributed by atoms with Gasteiger partial charge in [0.1, 0.15) is 0 Å². The number of allylic oxidation sites excluding steroid dienone is 6. The van der Waals surface area contributed by atoms with Crippen LogP contribution in [-0.4, -0.2) is 10.8 Å². The maximum atomic E-state index is 12.7. The Morgan fingerprint density at radius 1 is 1.26 bits per heavy atom. The SMILES string of the molecule is CCC1=C(C(=O)c2ccncc2CC)CC=CC=C1. The number of hydrogen-bond acceptors (Lipinski definition) is 2. The molecule has 0 radical (unpaired) electrons. The van der Waals surface area contributed by atoms with Crippen molar-refractivity contribution in [3.8, 4) is 0 Å². The molecule has 0 spiro atoms. The van der Waals surface area contributed by atoms with Crippen molar-refractivity contribution >= 4 is 5.78 Å². The second kappa shape index (κ2) is 6.28. The van der Waals surface area contributed by atoms with Crippen LogP contribution < -0.4 is 0 Å². The number of rotatable bonds is 4. The van der Waals surface area contributed by atoms with Crippen LogP contribution in [0.25, 0.3) is 0 Å². The quantitative estimate of drug-likeness (QED) is 0.758. The number of carbonyl (C=O) groups is 1. The summed E-state index contributed by atoms with van der Waals surface area (Å²) in [4.78, 5) is 16.9. The molecule has 19 heavy (non-hydrogen) atoms. The molecular formula is C17H19NO. The molecule has 0 saturated heterocycles. The van der Waals surface area contributed by atoms with E-state index in [1.807, 2.05) is 30.4 Å². The van der Waals surface area contributed by atoms with Crippen molar-refractivity contribution in [2.24, 2.45) is 0 Å². The van der Waals surface area contributed by atoms with Gasteiger partial charge in [-0.2, -0.15) is 0 Å². The average Bonchev–Trinajstić information content (AvgIpc) is 2.71. The molecule has 2 rings (SSSR count). The van der Waals surface area contributed by atoms with Gasteiger partial charge in [0, 0.05) is 23.5 Å². The Bertz CT molecular complexity index is 564. The monoisotopic (exact) mass is 253 g/mol. The van der Waals surface area contributed by atoms with Crippen molar-refractivity contribution in [1.29, 1.82) is 0 Å². The molecule has 1 heterocycles. The van der Waals surface area contributed by atoms with Gasteiger partial charge in [-0.15, -0.1) is 0 Å². The Balaban J connectivity index is 2.45. The molecule has 0 unspecified atom stereocenters. The number of hydrogen-bond donors (Lipinski definition) is 0. The number of nitrogens with zero attached hydrogens (tertiary/aromatic N) is 1. The van der Waals surface area contributed by atoms with E-state index in [0.29, 0.717) is 6.42 Å². The van der Waals surface area contributed by atoms with E-state index >= 15 is 0 Å². The lowest BCUT2D eigenvalue weighted by atomic mass is 9.92. The molecule has 0 fully saturated rings. The molecule has 0 atom stereocenters. The fourth-order valence-electron chi connectivity index (χ4n) is 2.33. The lowest BCUT2D eigenvalue weighted by Gasteiger charge is -2.11. The fraction of sp³-hybridized carbons (Fsp3) is 0.294. The third-order valence-electron chi connectivity index (χ3n) is 3.44. The van der Waals surface area contributed by atoms with Gasteiger partial charge in [0.15, 0.2) is 5.78 Å². The highest BCUT2D eigenvalue weighted by Crippen LogP contribution is 2.23. The summed E-state index contributed by atoms with van der Waals surface area (Å²) in [7, 11) is 0. The van der Waals surface area contributed by atoms with Crippen LogP contribution in [0.5, 0.6) is 0 Å². The molecule has 0 saturated carbocycles. The van der Waals surface area contributed by atoms with Crippen LogP contribution in [0, 0.1) is 0 Å². The topological polar surface area (TPSA) is 30.0 Å². The molecule has 2 nitrogen and oxygen atoms in total. The van der Waals surface area contributed by atoms with Crippen LogP contribution >= 0.6 is 0 Å². The molecule has 0 amide bonds. The standard InChI is InChI=1S/C17H19NO/c1-3-13-8-6-5-7-9-15(13)17(19)16-10-11-18-12-14(16)4-2/h5-8,10-12H,3-4,9H2,1-2H3. The highest BCUT2D eigenvalue weighted by Gasteiger charge is 2.17. The van der Waals surface area contributed by atoms with Gasteiger partial charge < -0.3 is 0 Å². The van der Waals surface area contributed by atoms with Gasteiger partial charge in [0.2, 0.25) is 0 Å². The van der Waals surface area contributed by atoms with Crippen LogP contribution in [0.4, 0.5) is 0 Å². The molecule has 0 aromatic carbocycles. The van der Waals surface area contributed by atoms with Crippen LogP contribution in [0.15, 0.2) is 53.9 Å². The smallest absolute Gasteiger partial charge is 0.189 e. The van der Waals surface area contributed by atoms with Gasteiger partial charge in [-0.05, 0) is 36.5 Å². The van der Waals surface area contributed by atoms with Crippen molar-refractivity contribution in [3.05, 3.63) is 65.0 Å². The predicted octanol–water partition coefficient (Wildman–Crippen LogP) is 4.05. The Kier molecular flexibility index (Phi) is 4.45. The molecule has 1 aromatic rings. The summed E-state index contributed by atoms with van der Waals surface area (Å²) in [5.41, 5.74) is 3.86. The minimum Gasteiger partial charge on any atom is -0.289 e. The first-order chi connectivity index (χ1) is 9.27. The van der Waals surface area contributed by atoms with E-state index in [2.05, 4.69) is 18.8 Å². The van der Waals surface area contributed by atoms with E-state index in [4.69, 9.17) is 0 Å². The maximum absolute atomic E-state index is 12.7. The normalized spacial score (nSPS) is 14.6. The molecule has 0 bridgehead atoms. The third-order valence-corrected chi connectivity index (χ3v) is 3.44. The summed E-state index contributed by atoms with van der Waals surface area (Å²) in [5.74, 6) is 0.146. The number of aromatic nitrogens is 1. The van der Waals surface area contributed by atoms with Gasteiger partial charge in [0.05, 0.1) is 0 Å². The van der Waals surface area contributed by atoms with Crippen LogP contribution in [-0.2, 0) is 6.42 Å². The van der Waals surface area contributed by atoms with Gasteiger partial charge in [0.25, 0.3) is 0 Å². The molecule has 1 aliphatic carbocycles.